The van der Waals surface area contributed by atoms with Gasteiger partial charge < -0.3 is 9.80 Å². The van der Waals surface area contributed by atoms with Crippen molar-refractivity contribution in [1.29, 1.82) is 0 Å². The maximum absolute atomic E-state index is 12.8. The summed E-state index contributed by atoms with van der Waals surface area (Å²) in [5.74, 6) is 0.726. The number of nitrogens with zero attached hydrogens (tertiary/aromatic N) is 3. The highest BCUT2D eigenvalue weighted by atomic mass is 16.2. The first-order chi connectivity index (χ1) is 14.0. The van der Waals surface area contributed by atoms with E-state index in [9.17, 15) is 14.4 Å². The van der Waals surface area contributed by atoms with Crippen molar-refractivity contribution in [1.82, 2.24) is 14.7 Å². The van der Waals surface area contributed by atoms with Crippen molar-refractivity contribution in [2.45, 2.75) is 32.6 Å². The minimum absolute atomic E-state index is 0.00890. The summed E-state index contributed by atoms with van der Waals surface area (Å²) >= 11 is 0. The van der Waals surface area contributed by atoms with Crippen LogP contribution in [0.25, 0.3) is 5.70 Å². The standard InChI is InChI=1S/C23H29N3O3/c1-16-7-11-25(12-8-16)22(28)18-9-13-24(14-10-18)21(27)15-26-17(2)19-5-3-4-6-20(19)23(26)29/h3-6,16,18H,2,7-15H2,1H3. The molecule has 0 atom stereocenters. The highest BCUT2D eigenvalue weighted by molar-refractivity contribution is 6.10. The zero-order chi connectivity index (χ0) is 20.5. The van der Waals surface area contributed by atoms with Crippen LogP contribution in [0.15, 0.2) is 30.8 Å². The van der Waals surface area contributed by atoms with E-state index in [2.05, 4.69) is 13.5 Å². The van der Waals surface area contributed by atoms with Crippen molar-refractivity contribution in [2.75, 3.05) is 32.7 Å². The van der Waals surface area contributed by atoms with Gasteiger partial charge in [-0.15, -0.1) is 0 Å². The molecule has 2 fully saturated rings. The second-order valence-corrected chi connectivity index (χ2v) is 8.55. The van der Waals surface area contributed by atoms with Crippen LogP contribution < -0.4 is 0 Å². The Morgan fingerprint density at radius 1 is 0.966 bits per heavy atom. The number of hydrogen-bond donors (Lipinski definition) is 0. The molecule has 1 aromatic carbocycles. The van der Waals surface area contributed by atoms with Crippen LogP contribution in [0.3, 0.4) is 0 Å². The second-order valence-electron chi connectivity index (χ2n) is 8.55. The van der Waals surface area contributed by atoms with Gasteiger partial charge in [0.2, 0.25) is 11.8 Å². The van der Waals surface area contributed by atoms with Crippen LogP contribution in [0.4, 0.5) is 0 Å². The lowest BCUT2D eigenvalue weighted by molar-refractivity contribution is -0.141. The van der Waals surface area contributed by atoms with Gasteiger partial charge >= 0.3 is 0 Å². The monoisotopic (exact) mass is 395 g/mol. The molecule has 0 aromatic heterocycles. The summed E-state index contributed by atoms with van der Waals surface area (Å²) in [5.41, 5.74) is 1.99. The molecule has 154 valence electrons. The van der Waals surface area contributed by atoms with Gasteiger partial charge in [-0.05, 0) is 37.7 Å². The number of likely N-dealkylation sites (tertiary alicyclic amines) is 2. The fourth-order valence-electron chi connectivity index (χ4n) is 4.60. The molecule has 3 amide bonds. The van der Waals surface area contributed by atoms with Gasteiger partial charge in [-0.3, -0.25) is 19.3 Å². The lowest BCUT2D eigenvalue weighted by Gasteiger charge is -2.37. The molecule has 3 aliphatic heterocycles. The van der Waals surface area contributed by atoms with Gasteiger partial charge in [-0.2, -0.15) is 0 Å². The fraction of sp³-hybridized carbons (Fsp3) is 0.522. The molecule has 4 rings (SSSR count). The van der Waals surface area contributed by atoms with Gasteiger partial charge in [0.05, 0.1) is 0 Å². The first-order valence-corrected chi connectivity index (χ1v) is 10.6. The molecular weight excluding hydrogens is 366 g/mol. The minimum atomic E-state index is -0.164. The third-order valence-electron chi connectivity index (χ3n) is 6.62. The van der Waals surface area contributed by atoms with Crippen molar-refractivity contribution in [3.05, 3.63) is 42.0 Å². The van der Waals surface area contributed by atoms with Gasteiger partial charge in [0.15, 0.2) is 0 Å². The molecule has 0 bridgehead atoms. The topological polar surface area (TPSA) is 60.9 Å². The highest BCUT2D eigenvalue weighted by Gasteiger charge is 2.35. The molecular formula is C23H29N3O3. The number of piperidine rings is 2. The lowest BCUT2D eigenvalue weighted by atomic mass is 9.92. The Bertz CT molecular complexity index is 799. The summed E-state index contributed by atoms with van der Waals surface area (Å²) in [6.45, 7) is 9.11. The molecule has 29 heavy (non-hydrogen) atoms. The van der Waals surface area contributed by atoms with Crippen molar-refractivity contribution in [2.24, 2.45) is 11.8 Å². The fourth-order valence-corrected chi connectivity index (χ4v) is 4.60. The van der Waals surface area contributed by atoms with Crippen LogP contribution in [-0.4, -0.2) is 65.1 Å². The second kappa shape index (κ2) is 8.01. The maximum atomic E-state index is 12.8. The number of carbonyl (C=O) groups is 3. The molecule has 0 unspecified atom stereocenters. The number of amides is 3. The zero-order valence-corrected chi connectivity index (χ0v) is 17.1. The van der Waals surface area contributed by atoms with E-state index >= 15 is 0 Å². The van der Waals surface area contributed by atoms with E-state index in [1.54, 1.807) is 11.0 Å². The smallest absolute Gasteiger partial charge is 0.259 e. The average molecular weight is 396 g/mol. The third kappa shape index (κ3) is 3.80. The lowest BCUT2D eigenvalue weighted by Crippen LogP contribution is -2.48. The quantitative estimate of drug-likeness (QED) is 0.790. The molecule has 0 aliphatic carbocycles. The summed E-state index contributed by atoms with van der Waals surface area (Å²) < 4.78 is 0. The van der Waals surface area contributed by atoms with Crippen LogP contribution in [0.5, 0.6) is 0 Å². The summed E-state index contributed by atoms with van der Waals surface area (Å²) in [6.07, 6.45) is 3.57. The molecule has 0 saturated carbocycles. The normalized spacial score (nSPS) is 20.9. The molecule has 6 nitrogen and oxygen atoms in total. The predicted molar refractivity (Wildman–Crippen MR) is 111 cm³/mol. The van der Waals surface area contributed by atoms with Crippen molar-refractivity contribution < 1.29 is 14.4 Å². The van der Waals surface area contributed by atoms with E-state index in [0.29, 0.717) is 43.1 Å². The van der Waals surface area contributed by atoms with E-state index in [1.807, 2.05) is 23.1 Å². The van der Waals surface area contributed by atoms with Crippen LogP contribution in [0, 0.1) is 11.8 Å². The Morgan fingerprint density at radius 3 is 2.17 bits per heavy atom. The zero-order valence-electron chi connectivity index (χ0n) is 17.1. The number of hydrogen-bond acceptors (Lipinski definition) is 3. The molecule has 2 saturated heterocycles. The van der Waals surface area contributed by atoms with Crippen molar-refractivity contribution >= 4 is 23.4 Å². The Labute approximate surface area is 172 Å². The molecule has 6 heteroatoms. The van der Waals surface area contributed by atoms with E-state index in [-0.39, 0.29) is 30.2 Å². The van der Waals surface area contributed by atoms with Gasteiger partial charge in [0, 0.05) is 48.9 Å². The molecule has 1 aromatic rings. The molecule has 0 radical (unpaired) electrons. The number of rotatable bonds is 3. The van der Waals surface area contributed by atoms with Crippen molar-refractivity contribution in [3.63, 3.8) is 0 Å². The largest absolute Gasteiger partial charge is 0.342 e. The number of fused-ring (bicyclic) bond motifs is 1. The molecule has 3 heterocycles. The Kier molecular flexibility index (Phi) is 5.43. The van der Waals surface area contributed by atoms with Crippen LogP contribution >= 0.6 is 0 Å². The van der Waals surface area contributed by atoms with Crippen LogP contribution in [0.1, 0.15) is 48.5 Å². The molecule has 0 spiro atoms. The number of carbonyl (C=O) groups excluding carboxylic acids is 3. The van der Waals surface area contributed by atoms with E-state index < -0.39 is 0 Å². The molecule has 0 N–H and O–H groups in total. The third-order valence-corrected chi connectivity index (χ3v) is 6.62. The first kappa shape index (κ1) is 19.7. The highest BCUT2D eigenvalue weighted by Crippen LogP contribution is 2.31. The van der Waals surface area contributed by atoms with Crippen LogP contribution in [-0.2, 0) is 9.59 Å². The average Bonchev–Trinajstić information content (AvgIpc) is 2.99. The van der Waals surface area contributed by atoms with E-state index in [4.69, 9.17) is 0 Å². The Balaban J connectivity index is 1.30. The summed E-state index contributed by atoms with van der Waals surface area (Å²) in [4.78, 5) is 43.5. The van der Waals surface area contributed by atoms with Gasteiger partial charge in [-0.25, -0.2) is 0 Å². The number of benzene rings is 1. The van der Waals surface area contributed by atoms with Crippen molar-refractivity contribution in [3.8, 4) is 0 Å². The summed E-state index contributed by atoms with van der Waals surface area (Å²) in [7, 11) is 0. The Hall–Kier alpha value is -2.63. The van der Waals surface area contributed by atoms with E-state index in [1.165, 1.54) is 4.90 Å². The first-order valence-electron chi connectivity index (χ1n) is 10.6. The minimum Gasteiger partial charge on any atom is -0.342 e. The van der Waals surface area contributed by atoms with Gasteiger partial charge in [-0.1, -0.05) is 31.7 Å². The summed E-state index contributed by atoms with van der Waals surface area (Å²) in [5, 5.41) is 0. The van der Waals surface area contributed by atoms with Gasteiger partial charge in [0.1, 0.15) is 6.54 Å². The molecule has 3 aliphatic rings. The predicted octanol–water partition coefficient (Wildman–Crippen LogP) is 2.61. The maximum Gasteiger partial charge on any atom is 0.259 e. The van der Waals surface area contributed by atoms with E-state index in [0.717, 1.165) is 31.5 Å². The van der Waals surface area contributed by atoms with Gasteiger partial charge in [0.25, 0.3) is 5.91 Å². The Morgan fingerprint density at radius 2 is 1.55 bits per heavy atom. The summed E-state index contributed by atoms with van der Waals surface area (Å²) in [6, 6.07) is 7.32. The SMILES string of the molecule is C=C1c2ccccc2C(=O)N1CC(=O)N1CCC(C(=O)N2CCC(C)CC2)CC1. The van der Waals surface area contributed by atoms with Crippen LogP contribution in [0.2, 0.25) is 0 Å².